The van der Waals surface area contributed by atoms with Gasteiger partial charge in [-0.2, -0.15) is 5.10 Å². The van der Waals surface area contributed by atoms with Crippen molar-refractivity contribution in [3.05, 3.63) is 11.8 Å². The highest BCUT2D eigenvalue weighted by molar-refractivity contribution is 5.37. The molecular weight excluding hydrogens is 169 g/mol. The van der Waals surface area contributed by atoms with E-state index in [4.69, 9.17) is 0 Å². The van der Waals surface area contributed by atoms with Crippen molar-refractivity contribution < 1.29 is 4.39 Å². The Kier molecular flexibility index (Phi) is 1.78. The summed E-state index contributed by atoms with van der Waals surface area (Å²) in [6.07, 6.45) is 1.38. The van der Waals surface area contributed by atoms with Crippen molar-refractivity contribution in [1.82, 2.24) is 9.78 Å². The van der Waals surface area contributed by atoms with Crippen molar-refractivity contribution in [3.63, 3.8) is 0 Å². The molecule has 0 unspecified atom stereocenters. The molecule has 1 aromatic rings. The zero-order valence-corrected chi connectivity index (χ0v) is 7.97. The zero-order valence-electron chi connectivity index (χ0n) is 7.97. The molecule has 0 aromatic carbocycles. The topological polar surface area (TPSA) is 29.9 Å². The van der Waals surface area contributed by atoms with Crippen LogP contribution in [0.4, 0.5) is 10.2 Å². The summed E-state index contributed by atoms with van der Waals surface area (Å²) in [5, 5.41) is 7.23. The van der Waals surface area contributed by atoms with E-state index in [0.29, 0.717) is 19.4 Å². The molecular formula is C9H14FN3. The van der Waals surface area contributed by atoms with Gasteiger partial charge in [-0.05, 0) is 19.8 Å². The average Bonchev–Trinajstić information content (AvgIpc) is 2.69. The van der Waals surface area contributed by atoms with E-state index in [1.807, 2.05) is 20.0 Å². The third-order valence-corrected chi connectivity index (χ3v) is 2.38. The Hall–Kier alpha value is -1.06. The predicted molar refractivity (Wildman–Crippen MR) is 49.5 cm³/mol. The highest BCUT2D eigenvalue weighted by Crippen LogP contribution is 2.39. The lowest BCUT2D eigenvalue weighted by atomic mass is 10.3. The number of rotatable bonds is 3. The van der Waals surface area contributed by atoms with Gasteiger partial charge in [-0.3, -0.25) is 4.68 Å². The minimum Gasteiger partial charge on any atom is -0.367 e. The maximum absolute atomic E-state index is 13.2. The van der Waals surface area contributed by atoms with E-state index >= 15 is 0 Å². The fourth-order valence-corrected chi connectivity index (χ4v) is 1.34. The average molecular weight is 183 g/mol. The summed E-state index contributed by atoms with van der Waals surface area (Å²) in [5.41, 5.74) is 0.00625. The molecule has 1 aromatic heterocycles. The van der Waals surface area contributed by atoms with Crippen LogP contribution in [0, 0.1) is 6.92 Å². The van der Waals surface area contributed by atoms with E-state index in [0.717, 1.165) is 11.5 Å². The molecule has 4 heteroatoms. The lowest BCUT2D eigenvalue weighted by molar-refractivity contribution is 0.326. The number of aromatic nitrogens is 2. The summed E-state index contributed by atoms with van der Waals surface area (Å²) in [5.74, 6) is 0.890. The fraction of sp³-hybridized carbons (Fsp3) is 0.667. The maximum Gasteiger partial charge on any atom is 0.128 e. The number of hydrogen-bond acceptors (Lipinski definition) is 2. The number of anilines is 1. The summed E-state index contributed by atoms with van der Waals surface area (Å²) >= 11 is 0. The molecule has 72 valence electrons. The van der Waals surface area contributed by atoms with Crippen molar-refractivity contribution >= 4 is 5.82 Å². The second-order valence-corrected chi connectivity index (χ2v) is 3.80. The summed E-state index contributed by atoms with van der Waals surface area (Å²) in [7, 11) is 1.85. The van der Waals surface area contributed by atoms with Gasteiger partial charge < -0.3 is 5.32 Å². The van der Waals surface area contributed by atoms with Crippen molar-refractivity contribution in [2.45, 2.75) is 25.4 Å². The van der Waals surface area contributed by atoms with Gasteiger partial charge in [0.2, 0.25) is 0 Å². The van der Waals surface area contributed by atoms with Crippen molar-refractivity contribution in [3.8, 4) is 0 Å². The third-order valence-electron chi connectivity index (χ3n) is 2.38. The van der Waals surface area contributed by atoms with Crippen LogP contribution in [0.2, 0.25) is 0 Å². The molecule has 3 nitrogen and oxygen atoms in total. The molecule has 0 bridgehead atoms. The lowest BCUT2D eigenvalue weighted by Gasteiger charge is -2.08. The van der Waals surface area contributed by atoms with Crippen molar-refractivity contribution in [1.29, 1.82) is 0 Å². The lowest BCUT2D eigenvalue weighted by Crippen LogP contribution is -2.17. The summed E-state index contributed by atoms with van der Waals surface area (Å²) in [6.45, 7) is 2.33. The van der Waals surface area contributed by atoms with E-state index in [1.165, 1.54) is 0 Å². The summed E-state index contributed by atoms with van der Waals surface area (Å²) in [4.78, 5) is 0. The second kappa shape index (κ2) is 2.72. The molecule has 1 N–H and O–H groups in total. The number of nitrogens with zero attached hydrogens (tertiary/aromatic N) is 2. The first-order chi connectivity index (χ1) is 6.09. The van der Waals surface area contributed by atoms with E-state index in [-0.39, 0.29) is 0 Å². The van der Waals surface area contributed by atoms with Crippen LogP contribution in [0.15, 0.2) is 6.07 Å². The molecule has 1 aliphatic rings. The van der Waals surface area contributed by atoms with Crippen LogP contribution < -0.4 is 5.32 Å². The first kappa shape index (κ1) is 8.53. The third kappa shape index (κ3) is 1.82. The van der Waals surface area contributed by atoms with Crippen LogP contribution >= 0.6 is 0 Å². The Morgan fingerprint density at radius 2 is 2.38 bits per heavy atom. The van der Waals surface area contributed by atoms with E-state index in [1.54, 1.807) is 4.68 Å². The van der Waals surface area contributed by atoms with Crippen LogP contribution in [0.25, 0.3) is 0 Å². The highest BCUT2D eigenvalue weighted by Gasteiger charge is 2.42. The number of aryl methyl sites for hydroxylation is 2. The van der Waals surface area contributed by atoms with Gasteiger partial charge in [0.25, 0.3) is 0 Å². The molecule has 0 aliphatic heterocycles. The molecule has 0 amide bonds. The normalized spacial score (nSPS) is 18.7. The van der Waals surface area contributed by atoms with Gasteiger partial charge in [0.1, 0.15) is 11.5 Å². The quantitative estimate of drug-likeness (QED) is 0.772. The van der Waals surface area contributed by atoms with Crippen LogP contribution in [0.3, 0.4) is 0 Å². The van der Waals surface area contributed by atoms with Crippen molar-refractivity contribution in [2.75, 3.05) is 11.9 Å². The Labute approximate surface area is 76.9 Å². The van der Waals surface area contributed by atoms with Gasteiger partial charge in [-0.15, -0.1) is 0 Å². The van der Waals surface area contributed by atoms with Crippen molar-refractivity contribution in [2.24, 2.45) is 7.05 Å². The molecule has 1 fully saturated rings. The van der Waals surface area contributed by atoms with Gasteiger partial charge in [0.05, 0.1) is 12.2 Å². The monoisotopic (exact) mass is 183 g/mol. The van der Waals surface area contributed by atoms with Crippen LogP contribution in [0.1, 0.15) is 18.5 Å². The minimum absolute atomic E-state index is 0.409. The first-order valence-corrected chi connectivity index (χ1v) is 4.52. The second-order valence-electron chi connectivity index (χ2n) is 3.80. The Balaban J connectivity index is 1.97. The molecule has 2 rings (SSSR count). The maximum atomic E-state index is 13.2. The van der Waals surface area contributed by atoms with E-state index in [9.17, 15) is 4.39 Å². The molecule has 0 spiro atoms. The van der Waals surface area contributed by atoms with Gasteiger partial charge >= 0.3 is 0 Å². The summed E-state index contributed by atoms with van der Waals surface area (Å²) in [6, 6.07) is 1.92. The number of nitrogens with one attached hydrogen (secondary N) is 1. The van der Waals surface area contributed by atoms with Gasteiger partial charge in [0.15, 0.2) is 0 Å². The molecule has 0 atom stereocenters. The first-order valence-electron chi connectivity index (χ1n) is 4.52. The SMILES string of the molecule is Cc1cc(NCC2(F)CC2)n(C)n1. The Morgan fingerprint density at radius 3 is 2.85 bits per heavy atom. The molecule has 0 saturated heterocycles. The number of halogens is 1. The fourth-order valence-electron chi connectivity index (χ4n) is 1.34. The smallest absolute Gasteiger partial charge is 0.128 e. The molecule has 13 heavy (non-hydrogen) atoms. The van der Waals surface area contributed by atoms with Gasteiger partial charge in [-0.25, -0.2) is 4.39 Å². The van der Waals surface area contributed by atoms with Crippen LogP contribution in [0.5, 0.6) is 0 Å². The molecule has 1 aliphatic carbocycles. The van der Waals surface area contributed by atoms with E-state index < -0.39 is 5.67 Å². The van der Waals surface area contributed by atoms with Gasteiger partial charge in [-0.1, -0.05) is 0 Å². The number of hydrogen-bond donors (Lipinski definition) is 1. The van der Waals surface area contributed by atoms with Crippen LogP contribution in [-0.4, -0.2) is 22.0 Å². The highest BCUT2D eigenvalue weighted by atomic mass is 19.1. The van der Waals surface area contributed by atoms with Gasteiger partial charge in [0, 0.05) is 13.1 Å². The minimum atomic E-state index is -0.946. The molecule has 1 saturated carbocycles. The largest absolute Gasteiger partial charge is 0.367 e. The summed E-state index contributed by atoms with van der Waals surface area (Å²) < 4.78 is 15.0. The zero-order chi connectivity index (χ0) is 9.47. The number of alkyl halides is 1. The molecule has 1 heterocycles. The van der Waals surface area contributed by atoms with E-state index in [2.05, 4.69) is 10.4 Å². The Bertz CT molecular complexity index is 315. The Morgan fingerprint density at radius 1 is 1.69 bits per heavy atom. The van der Waals surface area contributed by atoms with Crippen LogP contribution in [-0.2, 0) is 7.05 Å². The molecule has 0 radical (unpaired) electrons. The predicted octanol–water partition coefficient (Wildman–Crippen LogP) is 1.64. The standard InChI is InChI=1S/C9H14FN3/c1-7-5-8(13(2)12-7)11-6-9(10)3-4-9/h5,11H,3-4,6H2,1-2H3.